The quantitative estimate of drug-likeness (QED) is 0.751. The molecule has 3 nitrogen and oxygen atoms in total. The molecule has 0 spiro atoms. The van der Waals surface area contributed by atoms with Gasteiger partial charge in [0.05, 0.1) is 0 Å². The standard InChI is InChI=1S/C10H16F2O3/c1-8(2)3-5-9(15,6-4-8)10(11,12)7(13)14/h15H,3-6H2,1-2H3,(H,13,14). The molecular weight excluding hydrogens is 206 g/mol. The van der Waals surface area contributed by atoms with E-state index in [4.69, 9.17) is 5.11 Å². The molecule has 0 amide bonds. The van der Waals surface area contributed by atoms with Crippen molar-refractivity contribution in [1.29, 1.82) is 0 Å². The predicted molar refractivity (Wildman–Crippen MR) is 49.8 cm³/mol. The number of halogens is 2. The summed E-state index contributed by atoms with van der Waals surface area (Å²) in [6, 6.07) is 0. The molecule has 2 N–H and O–H groups in total. The van der Waals surface area contributed by atoms with Crippen LogP contribution in [0.2, 0.25) is 0 Å². The lowest BCUT2D eigenvalue weighted by Gasteiger charge is -2.42. The molecule has 0 aromatic carbocycles. The number of carboxylic acid groups (broad SMARTS) is 1. The monoisotopic (exact) mass is 222 g/mol. The summed E-state index contributed by atoms with van der Waals surface area (Å²) in [5.74, 6) is -6.30. The second-order valence-corrected chi connectivity index (χ2v) is 5.08. The van der Waals surface area contributed by atoms with Gasteiger partial charge in [0.25, 0.3) is 0 Å². The summed E-state index contributed by atoms with van der Waals surface area (Å²) < 4.78 is 26.4. The maximum absolute atomic E-state index is 13.2. The number of aliphatic hydroxyl groups is 1. The molecule has 0 aliphatic heterocycles. The Labute approximate surface area is 87.1 Å². The van der Waals surface area contributed by atoms with Crippen LogP contribution in [0.1, 0.15) is 39.5 Å². The molecule has 0 saturated heterocycles. The second-order valence-electron chi connectivity index (χ2n) is 5.08. The molecule has 0 radical (unpaired) electrons. The van der Waals surface area contributed by atoms with Gasteiger partial charge in [0, 0.05) is 0 Å². The lowest BCUT2D eigenvalue weighted by Crippen LogP contribution is -2.55. The summed E-state index contributed by atoms with van der Waals surface area (Å²) in [7, 11) is 0. The Balaban J connectivity index is 2.83. The number of aliphatic carboxylic acids is 1. The van der Waals surface area contributed by atoms with Gasteiger partial charge in [0.15, 0.2) is 0 Å². The third-order valence-electron chi connectivity index (χ3n) is 3.28. The van der Waals surface area contributed by atoms with Crippen LogP contribution in [-0.4, -0.2) is 27.7 Å². The van der Waals surface area contributed by atoms with Crippen molar-refractivity contribution in [2.24, 2.45) is 5.41 Å². The molecule has 5 heteroatoms. The third kappa shape index (κ3) is 2.12. The lowest BCUT2D eigenvalue weighted by atomic mass is 9.69. The van der Waals surface area contributed by atoms with Gasteiger partial charge in [-0.3, -0.25) is 0 Å². The molecule has 0 bridgehead atoms. The summed E-state index contributed by atoms with van der Waals surface area (Å²) in [6.07, 6.45) is 0.483. The van der Waals surface area contributed by atoms with Crippen LogP contribution in [0.15, 0.2) is 0 Å². The number of hydrogen-bond donors (Lipinski definition) is 2. The molecule has 1 rings (SSSR count). The maximum Gasteiger partial charge on any atom is 0.377 e. The number of hydrogen-bond acceptors (Lipinski definition) is 2. The summed E-state index contributed by atoms with van der Waals surface area (Å²) in [5, 5.41) is 18.0. The molecule has 88 valence electrons. The Morgan fingerprint density at radius 2 is 1.60 bits per heavy atom. The summed E-state index contributed by atoms with van der Waals surface area (Å²) in [6.45, 7) is 3.84. The normalized spacial score (nSPS) is 24.9. The topological polar surface area (TPSA) is 57.5 Å². The molecule has 0 aromatic heterocycles. The maximum atomic E-state index is 13.2. The van der Waals surface area contributed by atoms with Gasteiger partial charge in [-0.1, -0.05) is 13.8 Å². The van der Waals surface area contributed by atoms with E-state index in [9.17, 15) is 18.7 Å². The van der Waals surface area contributed by atoms with Crippen LogP contribution < -0.4 is 0 Å². The molecule has 1 aliphatic carbocycles. The SMILES string of the molecule is CC1(C)CCC(O)(C(F)(F)C(=O)O)CC1. The molecule has 0 heterocycles. The summed E-state index contributed by atoms with van der Waals surface area (Å²) in [4.78, 5) is 10.4. The van der Waals surface area contributed by atoms with Crippen LogP contribution in [0.3, 0.4) is 0 Å². The fraction of sp³-hybridized carbons (Fsp3) is 0.900. The summed E-state index contributed by atoms with van der Waals surface area (Å²) in [5.41, 5.74) is -2.48. The van der Waals surface area contributed by atoms with E-state index in [1.165, 1.54) is 0 Å². The fourth-order valence-corrected chi connectivity index (χ4v) is 1.85. The zero-order valence-electron chi connectivity index (χ0n) is 8.89. The minimum Gasteiger partial charge on any atom is -0.477 e. The van der Waals surface area contributed by atoms with Crippen LogP contribution in [0.5, 0.6) is 0 Å². The van der Waals surface area contributed by atoms with Gasteiger partial charge in [-0.25, -0.2) is 4.79 Å². The average Bonchev–Trinajstić information content (AvgIpc) is 2.10. The highest BCUT2D eigenvalue weighted by molar-refractivity contribution is 5.77. The van der Waals surface area contributed by atoms with Crippen LogP contribution in [0, 0.1) is 5.41 Å². The molecule has 0 aromatic rings. The van der Waals surface area contributed by atoms with Gasteiger partial charge in [-0.15, -0.1) is 0 Å². The molecule has 0 atom stereocenters. The Morgan fingerprint density at radius 1 is 1.20 bits per heavy atom. The van der Waals surface area contributed by atoms with Crippen molar-refractivity contribution in [3.63, 3.8) is 0 Å². The van der Waals surface area contributed by atoms with E-state index in [-0.39, 0.29) is 18.3 Å². The number of rotatable bonds is 2. The van der Waals surface area contributed by atoms with Gasteiger partial charge in [-0.2, -0.15) is 8.78 Å². The van der Waals surface area contributed by atoms with Crippen LogP contribution in [0.4, 0.5) is 8.78 Å². The fourth-order valence-electron chi connectivity index (χ4n) is 1.85. The van der Waals surface area contributed by atoms with Crippen molar-refractivity contribution < 1.29 is 23.8 Å². The van der Waals surface area contributed by atoms with Gasteiger partial charge >= 0.3 is 11.9 Å². The zero-order chi connectivity index (χ0) is 11.9. The van der Waals surface area contributed by atoms with E-state index in [1.54, 1.807) is 0 Å². The van der Waals surface area contributed by atoms with Crippen LogP contribution >= 0.6 is 0 Å². The molecule has 1 fully saturated rings. The van der Waals surface area contributed by atoms with Gasteiger partial charge in [0.2, 0.25) is 0 Å². The van der Waals surface area contributed by atoms with E-state index in [0.717, 1.165) is 0 Å². The highest BCUT2D eigenvalue weighted by atomic mass is 19.3. The van der Waals surface area contributed by atoms with Crippen molar-refractivity contribution in [3.8, 4) is 0 Å². The van der Waals surface area contributed by atoms with E-state index in [1.807, 2.05) is 13.8 Å². The minimum atomic E-state index is -4.05. The Hall–Kier alpha value is -0.710. The van der Waals surface area contributed by atoms with Gasteiger partial charge in [0.1, 0.15) is 5.60 Å². The highest BCUT2D eigenvalue weighted by Gasteiger charge is 2.60. The van der Waals surface area contributed by atoms with E-state index >= 15 is 0 Å². The second kappa shape index (κ2) is 3.40. The minimum absolute atomic E-state index is 0.0964. The lowest BCUT2D eigenvalue weighted by molar-refractivity contribution is -0.220. The molecule has 0 unspecified atom stereocenters. The third-order valence-corrected chi connectivity index (χ3v) is 3.28. The van der Waals surface area contributed by atoms with Crippen LogP contribution in [0.25, 0.3) is 0 Å². The molecule has 15 heavy (non-hydrogen) atoms. The van der Waals surface area contributed by atoms with E-state index in [0.29, 0.717) is 12.8 Å². The molecule has 1 saturated carbocycles. The predicted octanol–water partition coefficient (Wildman–Crippen LogP) is 2.04. The van der Waals surface area contributed by atoms with Crippen molar-refractivity contribution in [3.05, 3.63) is 0 Å². The van der Waals surface area contributed by atoms with Crippen molar-refractivity contribution in [2.75, 3.05) is 0 Å². The van der Waals surface area contributed by atoms with E-state index < -0.39 is 17.5 Å². The highest BCUT2D eigenvalue weighted by Crippen LogP contribution is 2.46. The van der Waals surface area contributed by atoms with Crippen molar-refractivity contribution in [1.82, 2.24) is 0 Å². The van der Waals surface area contributed by atoms with Crippen molar-refractivity contribution in [2.45, 2.75) is 51.1 Å². The van der Waals surface area contributed by atoms with E-state index in [2.05, 4.69) is 0 Å². The van der Waals surface area contributed by atoms with Crippen molar-refractivity contribution >= 4 is 5.97 Å². The Kier molecular flexibility index (Phi) is 2.80. The zero-order valence-corrected chi connectivity index (χ0v) is 8.89. The first-order valence-electron chi connectivity index (χ1n) is 4.94. The smallest absolute Gasteiger partial charge is 0.377 e. The number of carbonyl (C=O) groups is 1. The number of carboxylic acids is 1. The van der Waals surface area contributed by atoms with Crippen LogP contribution in [-0.2, 0) is 4.79 Å². The molecular formula is C10H16F2O3. The Bertz CT molecular complexity index is 264. The first-order valence-corrected chi connectivity index (χ1v) is 4.94. The number of alkyl halides is 2. The largest absolute Gasteiger partial charge is 0.477 e. The first-order chi connectivity index (χ1) is 6.61. The molecule has 1 aliphatic rings. The van der Waals surface area contributed by atoms with Gasteiger partial charge < -0.3 is 10.2 Å². The summed E-state index contributed by atoms with van der Waals surface area (Å²) >= 11 is 0. The Morgan fingerprint density at radius 3 is 1.93 bits per heavy atom. The average molecular weight is 222 g/mol. The van der Waals surface area contributed by atoms with Gasteiger partial charge in [-0.05, 0) is 31.1 Å². The first kappa shape index (κ1) is 12.4.